The Kier molecular flexibility index (Phi) is 5.08. The molecule has 25 heavy (non-hydrogen) atoms. The van der Waals surface area contributed by atoms with Gasteiger partial charge in [0.25, 0.3) is 5.91 Å². The first-order valence-corrected chi connectivity index (χ1v) is 8.70. The lowest BCUT2D eigenvalue weighted by Crippen LogP contribution is -2.27. The Bertz CT molecular complexity index is 810. The lowest BCUT2D eigenvalue weighted by Gasteiger charge is -2.16. The van der Waals surface area contributed by atoms with Crippen molar-refractivity contribution in [1.82, 2.24) is 10.6 Å². The molecule has 0 bridgehead atoms. The van der Waals surface area contributed by atoms with Gasteiger partial charge in [0.1, 0.15) is 5.57 Å². The van der Waals surface area contributed by atoms with Crippen LogP contribution in [0.1, 0.15) is 29.5 Å². The number of hydrogen-bond donors (Lipinski definition) is 3. The fourth-order valence-corrected chi connectivity index (χ4v) is 3.21. The van der Waals surface area contributed by atoms with E-state index in [2.05, 4.69) is 28.8 Å². The average molecular weight is 336 g/mol. The van der Waals surface area contributed by atoms with E-state index in [-0.39, 0.29) is 11.8 Å². The van der Waals surface area contributed by atoms with Crippen LogP contribution in [0, 0.1) is 13.8 Å². The van der Waals surface area contributed by atoms with Crippen molar-refractivity contribution in [1.29, 1.82) is 0 Å². The van der Waals surface area contributed by atoms with Crippen LogP contribution in [-0.2, 0) is 4.79 Å². The van der Waals surface area contributed by atoms with Gasteiger partial charge in [0.2, 0.25) is 0 Å². The van der Waals surface area contributed by atoms with Crippen LogP contribution in [0.2, 0.25) is 0 Å². The molecular formula is C21H24N2O2. The zero-order valence-electron chi connectivity index (χ0n) is 14.7. The second-order valence-electron chi connectivity index (χ2n) is 6.46. The summed E-state index contributed by atoms with van der Waals surface area (Å²) < 4.78 is 0. The smallest absolute Gasteiger partial charge is 0.257 e. The Labute approximate surface area is 148 Å². The molecule has 3 rings (SSSR count). The molecule has 3 N–H and O–H groups in total. The average Bonchev–Trinajstić information content (AvgIpc) is 2.68. The highest BCUT2D eigenvalue weighted by Gasteiger charge is 2.21. The zero-order valence-corrected chi connectivity index (χ0v) is 14.7. The molecule has 0 saturated carbocycles. The maximum atomic E-state index is 12.6. The van der Waals surface area contributed by atoms with Crippen LogP contribution in [-0.4, -0.2) is 24.1 Å². The van der Waals surface area contributed by atoms with E-state index in [0.717, 1.165) is 40.7 Å². The van der Waals surface area contributed by atoms with E-state index in [0.29, 0.717) is 18.7 Å². The van der Waals surface area contributed by atoms with Crippen molar-refractivity contribution in [2.24, 2.45) is 0 Å². The van der Waals surface area contributed by atoms with Crippen molar-refractivity contribution in [3.05, 3.63) is 65.0 Å². The van der Waals surface area contributed by atoms with Gasteiger partial charge in [0.15, 0.2) is 5.88 Å². The predicted molar refractivity (Wildman–Crippen MR) is 101 cm³/mol. The molecule has 0 radical (unpaired) electrons. The van der Waals surface area contributed by atoms with E-state index in [9.17, 15) is 9.90 Å². The lowest BCUT2D eigenvalue weighted by atomic mass is 9.91. The topological polar surface area (TPSA) is 61.4 Å². The standard InChI is InChI=1S/C21H24N2O2/c1-14-13-18(15(2)12-17(14)16-8-4-3-5-9-16)19-20(24)22-10-6-7-11-23-21(19)25/h3-5,8-9,12-13,22,24H,6-7,10-11H2,1-2H3,(H,23,25)/b20-19+. The molecule has 1 amide bonds. The van der Waals surface area contributed by atoms with E-state index < -0.39 is 0 Å². The third-order valence-corrected chi connectivity index (χ3v) is 4.57. The van der Waals surface area contributed by atoms with E-state index in [1.807, 2.05) is 38.1 Å². The molecule has 4 nitrogen and oxygen atoms in total. The molecule has 0 saturated heterocycles. The molecule has 2 aromatic rings. The molecule has 2 aromatic carbocycles. The van der Waals surface area contributed by atoms with Gasteiger partial charge in [0, 0.05) is 13.1 Å². The molecule has 0 spiro atoms. The second kappa shape index (κ2) is 7.43. The normalized spacial score (nSPS) is 18.6. The monoisotopic (exact) mass is 336 g/mol. The van der Waals surface area contributed by atoms with Crippen molar-refractivity contribution in [2.75, 3.05) is 13.1 Å². The molecule has 4 heteroatoms. The van der Waals surface area contributed by atoms with E-state index >= 15 is 0 Å². The second-order valence-corrected chi connectivity index (χ2v) is 6.46. The fraction of sp³-hybridized carbons (Fsp3) is 0.286. The van der Waals surface area contributed by atoms with Gasteiger partial charge in [-0.2, -0.15) is 0 Å². The molecular weight excluding hydrogens is 312 g/mol. The van der Waals surface area contributed by atoms with Gasteiger partial charge < -0.3 is 15.7 Å². The Morgan fingerprint density at radius 3 is 2.20 bits per heavy atom. The molecule has 130 valence electrons. The Hall–Kier alpha value is -2.75. The predicted octanol–water partition coefficient (Wildman–Crippen LogP) is 3.70. The van der Waals surface area contributed by atoms with Gasteiger partial charge in [-0.05, 0) is 54.5 Å². The molecule has 1 aliphatic rings. The number of hydrogen-bond acceptors (Lipinski definition) is 3. The Morgan fingerprint density at radius 2 is 1.48 bits per heavy atom. The maximum Gasteiger partial charge on any atom is 0.257 e. The first-order chi connectivity index (χ1) is 12.1. The molecule has 0 aliphatic carbocycles. The van der Waals surface area contributed by atoms with E-state index in [4.69, 9.17) is 0 Å². The van der Waals surface area contributed by atoms with E-state index in [1.54, 1.807) is 0 Å². The summed E-state index contributed by atoms with van der Waals surface area (Å²) in [5, 5.41) is 16.3. The number of aryl methyl sites for hydroxylation is 2. The van der Waals surface area contributed by atoms with Crippen molar-refractivity contribution in [3.63, 3.8) is 0 Å². The number of benzene rings is 2. The third-order valence-electron chi connectivity index (χ3n) is 4.57. The summed E-state index contributed by atoms with van der Waals surface area (Å²) in [4.78, 5) is 12.6. The quantitative estimate of drug-likeness (QED) is 0.784. The van der Waals surface area contributed by atoms with Crippen LogP contribution in [0.25, 0.3) is 16.7 Å². The summed E-state index contributed by atoms with van der Waals surface area (Å²) in [6, 6.07) is 14.3. The highest BCUT2D eigenvalue weighted by Crippen LogP contribution is 2.30. The first kappa shape index (κ1) is 17.1. The third kappa shape index (κ3) is 3.68. The van der Waals surface area contributed by atoms with Crippen molar-refractivity contribution in [3.8, 4) is 11.1 Å². The van der Waals surface area contributed by atoms with Crippen molar-refractivity contribution in [2.45, 2.75) is 26.7 Å². The molecule has 0 unspecified atom stereocenters. The van der Waals surface area contributed by atoms with Crippen LogP contribution in [0.5, 0.6) is 0 Å². The van der Waals surface area contributed by atoms with Crippen molar-refractivity contribution < 1.29 is 9.90 Å². The molecule has 0 atom stereocenters. The number of aliphatic hydroxyl groups is 1. The zero-order chi connectivity index (χ0) is 17.8. The summed E-state index contributed by atoms with van der Waals surface area (Å²) in [6.45, 7) is 5.28. The summed E-state index contributed by atoms with van der Waals surface area (Å²) >= 11 is 0. The minimum Gasteiger partial charge on any atom is -0.494 e. The number of carbonyl (C=O) groups excluding carboxylic acids is 1. The number of rotatable bonds is 2. The minimum absolute atomic E-state index is 0.0469. The minimum atomic E-state index is -0.234. The van der Waals surface area contributed by atoms with Crippen LogP contribution in [0.15, 0.2) is 48.3 Å². The summed E-state index contributed by atoms with van der Waals surface area (Å²) in [5.74, 6) is -0.281. The van der Waals surface area contributed by atoms with Crippen molar-refractivity contribution >= 4 is 11.5 Å². The Balaban J connectivity index is 2.08. The SMILES string of the molecule is Cc1cc(-c2ccccc2)c(C)cc1/C1=C(\O)NCCCCNC1=O. The number of nitrogens with one attached hydrogen (secondary N) is 2. The van der Waals surface area contributed by atoms with Gasteiger partial charge in [-0.1, -0.05) is 42.5 Å². The summed E-state index contributed by atoms with van der Waals surface area (Å²) in [7, 11) is 0. The van der Waals surface area contributed by atoms with Crippen LogP contribution >= 0.6 is 0 Å². The molecule has 0 fully saturated rings. The van der Waals surface area contributed by atoms with Crippen LogP contribution in [0.3, 0.4) is 0 Å². The molecule has 1 aliphatic heterocycles. The molecule has 0 aromatic heterocycles. The highest BCUT2D eigenvalue weighted by molar-refractivity contribution is 6.20. The van der Waals surface area contributed by atoms with Gasteiger partial charge in [-0.15, -0.1) is 0 Å². The van der Waals surface area contributed by atoms with Gasteiger partial charge in [0.05, 0.1) is 0 Å². The van der Waals surface area contributed by atoms with Gasteiger partial charge in [-0.25, -0.2) is 0 Å². The van der Waals surface area contributed by atoms with E-state index in [1.165, 1.54) is 0 Å². The van der Waals surface area contributed by atoms with Crippen LogP contribution < -0.4 is 10.6 Å². The Morgan fingerprint density at radius 1 is 0.880 bits per heavy atom. The summed E-state index contributed by atoms with van der Waals surface area (Å²) in [6.07, 6.45) is 1.80. The fourth-order valence-electron chi connectivity index (χ4n) is 3.21. The number of carbonyl (C=O) groups is 1. The number of amides is 1. The largest absolute Gasteiger partial charge is 0.494 e. The molecule has 1 heterocycles. The number of aliphatic hydroxyl groups excluding tert-OH is 1. The van der Waals surface area contributed by atoms with Crippen LogP contribution in [0.4, 0.5) is 0 Å². The summed E-state index contributed by atoms with van der Waals surface area (Å²) in [5.41, 5.74) is 5.40. The van der Waals surface area contributed by atoms with Gasteiger partial charge in [-0.3, -0.25) is 4.79 Å². The first-order valence-electron chi connectivity index (χ1n) is 8.70. The maximum absolute atomic E-state index is 12.6. The highest BCUT2D eigenvalue weighted by atomic mass is 16.3. The van der Waals surface area contributed by atoms with Gasteiger partial charge >= 0.3 is 0 Å². The lowest BCUT2D eigenvalue weighted by molar-refractivity contribution is -0.115.